The van der Waals surface area contributed by atoms with Crippen LogP contribution in [-0.2, 0) is 11.3 Å². The summed E-state index contributed by atoms with van der Waals surface area (Å²) in [6.45, 7) is 4.29. The molecule has 0 aromatic carbocycles. The van der Waals surface area contributed by atoms with E-state index in [1.165, 1.54) is 11.8 Å². The molecule has 0 unspecified atom stereocenters. The number of thiocarbonyl (C=S) groups is 1. The van der Waals surface area contributed by atoms with Crippen molar-refractivity contribution in [1.82, 2.24) is 14.7 Å². The second-order valence-corrected chi connectivity index (χ2v) is 7.15. The highest BCUT2D eigenvalue weighted by Crippen LogP contribution is 2.12. The third-order valence-electron chi connectivity index (χ3n) is 3.59. The van der Waals surface area contributed by atoms with Gasteiger partial charge in [0.05, 0.1) is 18.6 Å². The number of carbonyl (C=O) groups excluding carboxylic acids is 1. The quantitative estimate of drug-likeness (QED) is 0.779. The Balaban J connectivity index is 1.77. The van der Waals surface area contributed by atoms with Gasteiger partial charge in [-0.2, -0.15) is 0 Å². The Morgan fingerprint density at radius 3 is 2.86 bits per heavy atom. The lowest BCUT2D eigenvalue weighted by Crippen LogP contribution is -2.36. The first-order chi connectivity index (χ1) is 10.6. The molecule has 1 aliphatic rings. The van der Waals surface area contributed by atoms with Crippen molar-refractivity contribution in [1.29, 1.82) is 0 Å². The Kier molecular flexibility index (Phi) is 6.72. The summed E-state index contributed by atoms with van der Waals surface area (Å²) in [4.78, 5) is 18.4. The molecule has 0 saturated carbocycles. The molecular formula is C15H23N3O2S2. The van der Waals surface area contributed by atoms with Crippen molar-refractivity contribution in [3.05, 3.63) is 24.2 Å². The van der Waals surface area contributed by atoms with Gasteiger partial charge >= 0.3 is 0 Å². The molecule has 2 rings (SSSR count). The van der Waals surface area contributed by atoms with E-state index in [2.05, 4.69) is 4.90 Å². The third-order valence-corrected chi connectivity index (χ3v) is 5.31. The minimum atomic E-state index is 0.175. The summed E-state index contributed by atoms with van der Waals surface area (Å²) in [7, 11) is 3.80. The fourth-order valence-corrected chi connectivity index (χ4v) is 3.21. The van der Waals surface area contributed by atoms with E-state index in [9.17, 15) is 4.79 Å². The van der Waals surface area contributed by atoms with Crippen LogP contribution >= 0.6 is 24.0 Å². The highest BCUT2D eigenvalue weighted by atomic mass is 32.2. The molecule has 7 heteroatoms. The molecule has 0 atom stereocenters. The van der Waals surface area contributed by atoms with E-state index in [1.807, 2.05) is 36.0 Å². The van der Waals surface area contributed by atoms with Crippen LogP contribution in [0, 0.1) is 0 Å². The van der Waals surface area contributed by atoms with Crippen molar-refractivity contribution in [3.8, 4) is 0 Å². The number of rotatable bonds is 4. The first-order valence-corrected chi connectivity index (χ1v) is 8.82. The lowest BCUT2D eigenvalue weighted by molar-refractivity contribution is -0.128. The molecule has 1 aliphatic heterocycles. The van der Waals surface area contributed by atoms with Crippen LogP contribution in [0.1, 0.15) is 12.2 Å². The SMILES string of the molecule is CN(C)C(=S)SCC(=O)N1CCCN(Cc2ccco2)CC1. The topological polar surface area (TPSA) is 39.9 Å². The summed E-state index contributed by atoms with van der Waals surface area (Å²) in [5.74, 6) is 1.58. The van der Waals surface area contributed by atoms with Gasteiger partial charge in [0.25, 0.3) is 0 Å². The van der Waals surface area contributed by atoms with Gasteiger partial charge in [0.15, 0.2) is 0 Å². The van der Waals surface area contributed by atoms with Gasteiger partial charge in [-0.15, -0.1) is 0 Å². The summed E-state index contributed by atoms with van der Waals surface area (Å²) in [5.41, 5.74) is 0. The maximum absolute atomic E-state index is 12.3. The molecule has 0 bridgehead atoms. The summed E-state index contributed by atoms with van der Waals surface area (Å²) >= 11 is 6.64. The monoisotopic (exact) mass is 341 g/mol. The second-order valence-electron chi connectivity index (χ2n) is 5.54. The normalized spacial score (nSPS) is 16.4. The van der Waals surface area contributed by atoms with Crippen LogP contribution in [0.5, 0.6) is 0 Å². The Morgan fingerprint density at radius 1 is 1.36 bits per heavy atom. The minimum Gasteiger partial charge on any atom is -0.468 e. The smallest absolute Gasteiger partial charge is 0.233 e. The van der Waals surface area contributed by atoms with Crippen molar-refractivity contribution in [2.45, 2.75) is 13.0 Å². The Bertz CT molecular complexity index is 491. The zero-order valence-electron chi connectivity index (χ0n) is 13.2. The van der Waals surface area contributed by atoms with E-state index in [0.29, 0.717) is 5.75 Å². The van der Waals surface area contributed by atoms with Gasteiger partial charge in [0.1, 0.15) is 10.1 Å². The molecule has 0 N–H and O–H groups in total. The Hall–Kier alpha value is -1.05. The molecule has 122 valence electrons. The van der Waals surface area contributed by atoms with Crippen LogP contribution in [0.3, 0.4) is 0 Å². The number of hydrogen-bond acceptors (Lipinski definition) is 5. The van der Waals surface area contributed by atoms with E-state index in [4.69, 9.17) is 16.6 Å². The summed E-state index contributed by atoms with van der Waals surface area (Å²) in [5, 5.41) is 0. The average Bonchev–Trinajstić information content (AvgIpc) is 2.89. The molecular weight excluding hydrogens is 318 g/mol. The summed E-state index contributed by atoms with van der Waals surface area (Å²) in [6, 6.07) is 3.90. The van der Waals surface area contributed by atoms with Crippen molar-refractivity contribution in [2.24, 2.45) is 0 Å². The predicted octanol–water partition coefficient (Wildman–Crippen LogP) is 1.89. The summed E-state index contributed by atoms with van der Waals surface area (Å²) < 4.78 is 6.15. The fraction of sp³-hybridized carbons (Fsp3) is 0.600. The molecule has 1 aromatic rings. The van der Waals surface area contributed by atoms with Crippen LogP contribution in [0.15, 0.2) is 22.8 Å². The van der Waals surface area contributed by atoms with Crippen LogP contribution < -0.4 is 0 Å². The lowest BCUT2D eigenvalue weighted by atomic mass is 10.3. The average molecular weight is 342 g/mol. The zero-order chi connectivity index (χ0) is 15.9. The van der Waals surface area contributed by atoms with E-state index in [-0.39, 0.29) is 5.91 Å². The second kappa shape index (κ2) is 8.55. The van der Waals surface area contributed by atoms with Gasteiger partial charge in [-0.25, -0.2) is 0 Å². The van der Waals surface area contributed by atoms with Crippen LogP contribution in [0.25, 0.3) is 0 Å². The zero-order valence-corrected chi connectivity index (χ0v) is 14.8. The highest BCUT2D eigenvalue weighted by molar-refractivity contribution is 8.23. The molecule has 2 heterocycles. The van der Waals surface area contributed by atoms with E-state index >= 15 is 0 Å². The van der Waals surface area contributed by atoms with Gasteiger partial charge in [0.2, 0.25) is 5.91 Å². The number of carbonyl (C=O) groups is 1. The van der Waals surface area contributed by atoms with Crippen molar-refractivity contribution in [3.63, 3.8) is 0 Å². The number of furan rings is 1. The van der Waals surface area contributed by atoms with Crippen molar-refractivity contribution < 1.29 is 9.21 Å². The molecule has 5 nitrogen and oxygen atoms in total. The summed E-state index contributed by atoms with van der Waals surface area (Å²) in [6.07, 6.45) is 2.70. The van der Waals surface area contributed by atoms with Gasteiger partial charge in [0, 0.05) is 40.3 Å². The van der Waals surface area contributed by atoms with E-state index < -0.39 is 0 Å². The van der Waals surface area contributed by atoms with Gasteiger partial charge in [-0.1, -0.05) is 24.0 Å². The van der Waals surface area contributed by atoms with E-state index in [1.54, 1.807) is 6.26 Å². The predicted molar refractivity (Wildman–Crippen MR) is 93.9 cm³/mol. The molecule has 0 spiro atoms. The molecule has 1 saturated heterocycles. The minimum absolute atomic E-state index is 0.175. The van der Waals surface area contributed by atoms with Gasteiger partial charge < -0.3 is 14.2 Å². The molecule has 1 aromatic heterocycles. The molecule has 0 aliphatic carbocycles. The number of hydrogen-bond donors (Lipinski definition) is 0. The Morgan fingerprint density at radius 2 is 2.18 bits per heavy atom. The largest absolute Gasteiger partial charge is 0.468 e. The van der Waals surface area contributed by atoms with Crippen molar-refractivity contribution in [2.75, 3.05) is 46.0 Å². The standard InChI is InChI=1S/C15H23N3O2S2/c1-16(2)15(21)22-12-14(19)18-7-4-6-17(8-9-18)11-13-5-3-10-20-13/h3,5,10H,4,6-9,11-12H2,1-2H3. The maximum atomic E-state index is 12.3. The first-order valence-electron chi connectivity index (χ1n) is 7.43. The van der Waals surface area contributed by atoms with Crippen LogP contribution in [-0.4, -0.2) is 71.0 Å². The lowest BCUT2D eigenvalue weighted by Gasteiger charge is -2.22. The maximum Gasteiger partial charge on any atom is 0.233 e. The first kappa shape index (κ1) is 17.3. The van der Waals surface area contributed by atoms with Crippen molar-refractivity contribution >= 4 is 34.2 Å². The fourth-order valence-electron chi connectivity index (χ4n) is 2.35. The molecule has 22 heavy (non-hydrogen) atoms. The highest BCUT2D eigenvalue weighted by Gasteiger charge is 2.20. The molecule has 0 radical (unpaired) electrons. The van der Waals surface area contributed by atoms with Crippen LogP contribution in [0.4, 0.5) is 0 Å². The molecule has 1 fully saturated rings. The number of amides is 1. The van der Waals surface area contributed by atoms with Crippen LogP contribution in [0.2, 0.25) is 0 Å². The van der Waals surface area contributed by atoms with Gasteiger partial charge in [-0.3, -0.25) is 9.69 Å². The number of nitrogens with zero attached hydrogens (tertiary/aromatic N) is 3. The molecule has 1 amide bonds. The van der Waals surface area contributed by atoms with Gasteiger partial charge in [-0.05, 0) is 18.6 Å². The third kappa shape index (κ3) is 5.30. The van der Waals surface area contributed by atoms with E-state index in [0.717, 1.165) is 49.2 Å². The Labute approximate surface area is 141 Å². The number of thioether (sulfide) groups is 1.